The summed E-state index contributed by atoms with van der Waals surface area (Å²) < 4.78 is 5.29. The fourth-order valence-electron chi connectivity index (χ4n) is 2.50. The van der Waals surface area contributed by atoms with Crippen molar-refractivity contribution in [2.45, 2.75) is 6.92 Å². The Labute approximate surface area is 143 Å². The monoisotopic (exact) mass is 337 g/mol. The van der Waals surface area contributed by atoms with Crippen LogP contribution in [0.3, 0.4) is 0 Å². The van der Waals surface area contributed by atoms with E-state index in [0.717, 1.165) is 5.39 Å². The molecule has 0 unspecified atom stereocenters. The molecule has 0 aliphatic carbocycles. The van der Waals surface area contributed by atoms with Crippen LogP contribution in [0.15, 0.2) is 64.8 Å². The van der Waals surface area contributed by atoms with Gasteiger partial charge in [0, 0.05) is 5.39 Å². The van der Waals surface area contributed by atoms with E-state index in [1.54, 1.807) is 25.1 Å². The predicted molar refractivity (Wildman–Crippen MR) is 94.1 cm³/mol. The van der Waals surface area contributed by atoms with E-state index in [2.05, 4.69) is 10.2 Å². The van der Waals surface area contributed by atoms with E-state index in [4.69, 9.17) is 4.74 Å². The standard InChI is InChI=1S/C18H15N3O4/c1-2-25-16-9-5-8-14(18(16)21(23)24)19-20-17-13-7-4-3-6-12(13)10-11-15(17)22/h3-11,22H,2H2,1H3. The summed E-state index contributed by atoms with van der Waals surface area (Å²) in [7, 11) is 0. The van der Waals surface area contributed by atoms with E-state index in [9.17, 15) is 15.2 Å². The third kappa shape index (κ3) is 3.25. The molecule has 3 rings (SSSR count). The van der Waals surface area contributed by atoms with Gasteiger partial charge in [-0.1, -0.05) is 36.4 Å². The Morgan fingerprint density at radius 3 is 2.64 bits per heavy atom. The van der Waals surface area contributed by atoms with E-state index >= 15 is 0 Å². The number of aromatic hydroxyl groups is 1. The Balaban J connectivity index is 2.11. The molecular weight excluding hydrogens is 322 g/mol. The van der Waals surface area contributed by atoms with Gasteiger partial charge in [-0.25, -0.2) is 0 Å². The summed E-state index contributed by atoms with van der Waals surface area (Å²) >= 11 is 0. The van der Waals surface area contributed by atoms with Gasteiger partial charge < -0.3 is 9.84 Å². The minimum Gasteiger partial charge on any atom is -0.506 e. The molecule has 0 saturated carbocycles. The molecule has 126 valence electrons. The number of benzene rings is 3. The number of hydrogen-bond acceptors (Lipinski definition) is 6. The summed E-state index contributed by atoms with van der Waals surface area (Å²) in [5, 5.41) is 31.1. The smallest absolute Gasteiger partial charge is 0.338 e. The van der Waals surface area contributed by atoms with Gasteiger partial charge in [0.25, 0.3) is 0 Å². The molecule has 1 N–H and O–H groups in total. The van der Waals surface area contributed by atoms with Gasteiger partial charge in [-0.15, -0.1) is 10.2 Å². The molecule has 25 heavy (non-hydrogen) atoms. The third-order valence-electron chi connectivity index (χ3n) is 3.60. The summed E-state index contributed by atoms with van der Waals surface area (Å²) in [4.78, 5) is 10.8. The second-order valence-corrected chi connectivity index (χ2v) is 5.17. The van der Waals surface area contributed by atoms with Crippen molar-refractivity contribution >= 4 is 27.8 Å². The van der Waals surface area contributed by atoms with Gasteiger partial charge in [0.05, 0.1) is 11.5 Å². The highest BCUT2D eigenvalue weighted by Crippen LogP contribution is 2.40. The van der Waals surface area contributed by atoms with Gasteiger partial charge in [0.15, 0.2) is 11.4 Å². The molecule has 0 saturated heterocycles. The lowest BCUT2D eigenvalue weighted by molar-refractivity contribution is -0.385. The zero-order valence-corrected chi connectivity index (χ0v) is 13.4. The summed E-state index contributed by atoms with van der Waals surface area (Å²) in [6.45, 7) is 2.04. The lowest BCUT2D eigenvalue weighted by Crippen LogP contribution is -1.97. The van der Waals surface area contributed by atoms with Crippen LogP contribution in [-0.2, 0) is 0 Å². The SMILES string of the molecule is CCOc1cccc(N=Nc2c(O)ccc3ccccc23)c1[N+](=O)[O-]. The van der Waals surface area contributed by atoms with Crippen molar-refractivity contribution in [1.82, 2.24) is 0 Å². The normalized spacial score (nSPS) is 11.1. The molecule has 0 aromatic heterocycles. The lowest BCUT2D eigenvalue weighted by atomic mass is 10.1. The van der Waals surface area contributed by atoms with Crippen molar-refractivity contribution in [2.24, 2.45) is 10.2 Å². The van der Waals surface area contributed by atoms with Gasteiger partial charge >= 0.3 is 5.69 Å². The van der Waals surface area contributed by atoms with Crippen LogP contribution >= 0.6 is 0 Å². The van der Waals surface area contributed by atoms with Crippen LogP contribution in [0.25, 0.3) is 10.8 Å². The number of rotatable bonds is 5. The topological polar surface area (TPSA) is 97.3 Å². The maximum absolute atomic E-state index is 11.4. The molecule has 0 bridgehead atoms. The zero-order chi connectivity index (χ0) is 17.8. The first-order valence-corrected chi connectivity index (χ1v) is 7.64. The predicted octanol–water partition coefficient (Wildman–Crippen LogP) is 5.27. The number of para-hydroxylation sites is 1. The van der Waals surface area contributed by atoms with E-state index in [1.165, 1.54) is 18.2 Å². The molecule has 0 amide bonds. The first-order valence-electron chi connectivity index (χ1n) is 7.64. The van der Waals surface area contributed by atoms with Crippen LogP contribution < -0.4 is 4.74 Å². The summed E-state index contributed by atoms with van der Waals surface area (Å²) in [6.07, 6.45) is 0. The van der Waals surface area contributed by atoms with Crippen molar-refractivity contribution in [1.29, 1.82) is 0 Å². The van der Waals surface area contributed by atoms with Crippen LogP contribution in [-0.4, -0.2) is 16.6 Å². The summed E-state index contributed by atoms with van der Waals surface area (Å²) in [6, 6.07) is 15.2. The van der Waals surface area contributed by atoms with E-state index < -0.39 is 4.92 Å². The average Bonchev–Trinajstić information content (AvgIpc) is 2.61. The minimum absolute atomic E-state index is 0.0499. The quantitative estimate of drug-likeness (QED) is 0.389. The Morgan fingerprint density at radius 2 is 1.88 bits per heavy atom. The fourth-order valence-corrected chi connectivity index (χ4v) is 2.50. The molecule has 0 atom stereocenters. The Hall–Kier alpha value is -3.48. The molecule has 3 aromatic rings. The Kier molecular flexibility index (Phi) is 4.56. The Bertz CT molecular complexity index is 970. The minimum atomic E-state index is -0.553. The van der Waals surface area contributed by atoms with Crippen molar-refractivity contribution in [2.75, 3.05) is 6.61 Å². The number of azo groups is 1. The highest BCUT2D eigenvalue weighted by molar-refractivity contribution is 5.95. The molecule has 0 heterocycles. The van der Waals surface area contributed by atoms with Gasteiger partial charge in [-0.3, -0.25) is 10.1 Å². The molecule has 0 aliphatic heterocycles. The number of phenols is 1. The largest absolute Gasteiger partial charge is 0.506 e. The molecule has 0 aliphatic rings. The number of ether oxygens (including phenoxy) is 1. The van der Waals surface area contributed by atoms with Crippen LogP contribution in [0.4, 0.5) is 17.1 Å². The van der Waals surface area contributed by atoms with E-state index in [-0.39, 0.29) is 28.6 Å². The zero-order valence-electron chi connectivity index (χ0n) is 13.4. The van der Waals surface area contributed by atoms with E-state index in [1.807, 2.05) is 18.2 Å². The van der Waals surface area contributed by atoms with E-state index in [0.29, 0.717) is 12.0 Å². The van der Waals surface area contributed by atoms with Crippen LogP contribution in [0.5, 0.6) is 11.5 Å². The highest BCUT2D eigenvalue weighted by atomic mass is 16.6. The highest BCUT2D eigenvalue weighted by Gasteiger charge is 2.21. The number of nitro groups is 1. The van der Waals surface area contributed by atoms with Crippen molar-refractivity contribution in [3.8, 4) is 11.5 Å². The first-order chi connectivity index (χ1) is 12.1. The Morgan fingerprint density at radius 1 is 1.08 bits per heavy atom. The lowest BCUT2D eigenvalue weighted by Gasteiger charge is -2.06. The molecule has 0 radical (unpaired) electrons. The molecule has 3 aromatic carbocycles. The number of hydrogen-bond donors (Lipinski definition) is 1. The molecule has 7 nitrogen and oxygen atoms in total. The van der Waals surface area contributed by atoms with Gasteiger partial charge in [0.2, 0.25) is 0 Å². The van der Waals surface area contributed by atoms with Crippen LogP contribution in [0.2, 0.25) is 0 Å². The summed E-state index contributed by atoms with van der Waals surface area (Å²) in [5.41, 5.74) is 0.0605. The number of nitrogens with zero attached hydrogens (tertiary/aromatic N) is 3. The fraction of sp³-hybridized carbons (Fsp3) is 0.111. The molecular formula is C18H15N3O4. The number of phenolic OH excluding ortho intramolecular Hbond substituents is 1. The summed E-state index contributed by atoms with van der Waals surface area (Å²) in [5.74, 6) is 0.0807. The molecule has 0 spiro atoms. The number of nitro benzene ring substituents is 1. The molecule has 0 fully saturated rings. The maximum atomic E-state index is 11.4. The molecule has 7 heteroatoms. The van der Waals surface area contributed by atoms with Crippen LogP contribution in [0, 0.1) is 10.1 Å². The van der Waals surface area contributed by atoms with Gasteiger partial charge in [0.1, 0.15) is 11.4 Å². The van der Waals surface area contributed by atoms with Crippen molar-refractivity contribution in [3.05, 3.63) is 64.7 Å². The van der Waals surface area contributed by atoms with Crippen molar-refractivity contribution in [3.63, 3.8) is 0 Å². The number of fused-ring (bicyclic) bond motifs is 1. The second kappa shape index (κ2) is 6.96. The second-order valence-electron chi connectivity index (χ2n) is 5.17. The maximum Gasteiger partial charge on any atom is 0.338 e. The third-order valence-corrected chi connectivity index (χ3v) is 3.60. The van der Waals surface area contributed by atoms with Gasteiger partial charge in [-0.05, 0) is 30.5 Å². The van der Waals surface area contributed by atoms with Crippen LogP contribution in [0.1, 0.15) is 6.92 Å². The van der Waals surface area contributed by atoms with Crippen molar-refractivity contribution < 1.29 is 14.8 Å². The first kappa shape index (κ1) is 16.4. The van der Waals surface area contributed by atoms with Gasteiger partial charge in [-0.2, -0.15) is 0 Å². The average molecular weight is 337 g/mol.